The van der Waals surface area contributed by atoms with Crippen molar-refractivity contribution in [3.05, 3.63) is 29.3 Å². The largest absolute Gasteiger partial charge is 0.478 e. The predicted octanol–water partition coefficient (Wildman–Crippen LogP) is 1.99. The minimum Gasteiger partial charge on any atom is -0.478 e. The fourth-order valence-electron chi connectivity index (χ4n) is 0.939. The van der Waals surface area contributed by atoms with E-state index >= 15 is 0 Å². The molecule has 1 aromatic carbocycles. The number of anilines is 1. The molecule has 14 heavy (non-hydrogen) atoms. The summed E-state index contributed by atoms with van der Waals surface area (Å²) in [4.78, 5) is 10.4. The van der Waals surface area contributed by atoms with E-state index in [-0.39, 0.29) is 5.69 Å². The van der Waals surface area contributed by atoms with Crippen molar-refractivity contribution in [2.24, 2.45) is 0 Å². The van der Waals surface area contributed by atoms with Gasteiger partial charge in [-0.1, -0.05) is 0 Å². The van der Waals surface area contributed by atoms with Gasteiger partial charge < -0.3 is 10.8 Å². The van der Waals surface area contributed by atoms with Crippen molar-refractivity contribution in [3.8, 4) is 0 Å². The second-order valence-corrected chi connectivity index (χ2v) is 2.65. The summed E-state index contributed by atoms with van der Waals surface area (Å²) < 4.78 is 36.5. The molecule has 3 N–H and O–H groups in total. The van der Waals surface area contributed by atoms with E-state index in [9.17, 15) is 18.0 Å². The average Bonchev–Trinajstić information content (AvgIpc) is 2.01. The molecule has 76 valence electrons. The maximum Gasteiger partial charge on any atom is 0.416 e. The van der Waals surface area contributed by atoms with Crippen molar-refractivity contribution < 1.29 is 23.1 Å². The van der Waals surface area contributed by atoms with Gasteiger partial charge in [0.25, 0.3) is 0 Å². The number of alkyl halides is 3. The van der Waals surface area contributed by atoms with Crippen molar-refractivity contribution in [3.63, 3.8) is 0 Å². The third-order valence-electron chi connectivity index (χ3n) is 1.53. The molecule has 0 radical (unpaired) electrons. The van der Waals surface area contributed by atoms with Crippen LogP contribution in [-0.2, 0) is 6.18 Å². The Hall–Kier alpha value is -1.72. The Labute approximate surface area is 77.0 Å². The van der Waals surface area contributed by atoms with Crippen LogP contribution in [0.2, 0.25) is 0 Å². The van der Waals surface area contributed by atoms with Crippen molar-refractivity contribution in [2.45, 2.75) is 6.18 Å². The van der Waals surface area contributed by atoms with Crippen molar-refractivity contribution in [2.75, 3.05) is 5.73 Å². The Balaban J connectivity index is 3.28. The van der Waals surface area contributed by atoms with Crippen LogP contribution in [0.5, 0.6) is 0 Å². The van der Waals surface area contributed by atoms with E-state index in [0.717, 1.165) is 6.07 Å². The first kappa shape index (κ1) is 10.4. The monoisotopic (exact) mass is 205 g/mol. The molecule has 0 fully saturated rings. The van der Waals surface area contributed by atoms with Gasteiger partial charge in [0.2, 0.25) is 0 Å². The van der Waals surface area contributed by atoms with Crippen molar-refractivity contribution in [1.29, 1.82) is 0 Å². The first-order valence-corrected chi connectivity index (χ1v) is 3.52. The van der Waals surface area contributed by atoms with Crippen molar-refractivity contribution >= 4 is 11.7 Å². The molecular weight excluding hydrogens is 199 g/mol. The van der Waals surface area contributed by atoms with Gasteiger partial charge in [0, 0.05) is 5.69 Å². The number of benzene rings is 1. The summed E-state index contributed by atoms with van der Waals surface area (Å²) in [5.74, 6) is -1.44. The number of hydrogen-bond donors (Lipinski definition) is 2. The highest BCUT2D eigenvalue weighted by Gasteiger charge is 2.31. The molecule has 6 heteroatoms. The first-order chi connectivity index (χ1) is 6.30. The lowest BCUT2D eigenvalue weighted by atomic mass is 10.1. The van der Waals surface area contributed by atoms with E-state index in [1.54, 1.807) is 0 Å². The number of carboxylic acid groups (broad SMARTS) is 1. The highest BCUT2D eigenvalue weighted by atomic mass is 19.4. The molecular formula is C8H6F3NO2. The van der Waals surface area contributed by atoms with Gasteiger partial charge in [0.05, 0.1) is 11.1 Å². The molecule has 0 saturated heterocycles. The Bertz CT molecular complexity index is 373. The van der Waals surface area contributed by atoms with Crippen molar-refractivity contribution in [1.82, 2.24) is 0 Å². The summed E-state index contributed by atoms with van der Waals surface area (Å²) in [6.45, 7) is 0. The summed E-state index contributed by atoms with van der Waals surface area (Å²) in [7, 11) is 0. The Morgan fingerprint density at radius 3 is 2.29 bits per heavy atom. The standard InChI is InChI=1S/C8H6F3NO2/c9-8(10,11)5-1-4(7(13)14)2-6(12)3-5/h1-3H,12H2,(H,13,14). The van der Waals surface area contributed by atoms with Crippen LogP contribution in [0.3, 0.4) is 0 Å². The first-order valence-electron chi connectivity index (χ1n) is 3.52. The number of hydrogen-bond acceptors (Lipinski definition) is 2. The fraction of sp³-hybridized carbons (Fsp3) is 0.125. The van der Waals surface area contributed by atoms with Gasteiger partial charge in [-0.05, 0) is 18.2 Å². The van der Waals surface area contributed by atoms with E-state index in [1.165, 1.54) is 0 Å². The zero-order chi connectivity index (χ0) is 10.9. The van der Waals surface area contributed by atoms with E-state index in [1.807, 2.05) is 0 Å². The van der Waals surface area contributed by atoms with E-state index in [2.05, 4.69) is 0 Å². The molecule has 0 heterocycles. The third kappa shape index (κ3) is 2.15. The zero-order valence-corrected chi connectivity index (χ0v) is 6.80. The van der Waals surface area contributed by atoms with Gasteiger partial charge in [-0.25, -0.2) is 4.79 Å². The molecule has 0 bridgehead atoms. The van der Waals surface area contributed by atoms with Crippen LogP contribution in [0.4, 0.5) is 18.9 Å². The molecule has 0 aliphatic carbocycles. The van der Waals surface area contributed by atoms with E-state index in [0.29, 0.717) is 12.1 Å². The number of rotatable bonds is 1. The van der Waals surface area contributed by atoms with Crippen LogP contribution >= 0.6 is 0 Å². The second kappa shape index (κ2) is 3.21. The Kier molecular flexibility index (Phi) is 2.37. The van der Waals surface area contributed by atoms with Gasteiger partial charge in [-0.3, -0.25) is 0 Å². The van der Waals surface area contributed by atoms with Gasteiger partial charge in [0.15, 0.2) is 0 Å². The number of nitrogens with two attached hydrogens (primary N) is 1. The van der Waals surface area contributed by atoms with Crippen LogP contribution in [0, 0.1) is 0 Å². The summed E-state index contributed by atoms with van der Waals surface area (Å²) >= 11 is 0. The molecule has 0 spiro atoms. The molecule has 1 aromatic rings. The number of carboxylic acids is 1. The number of carbonyl (C=O) groups is 1. The highest BCUT2D eigenvalue weighted by Crippen LogP contribution is 2.31. The van der Waals surface area contributed by atoms with Crippen LogP contribution in [0.15, 0.2) is 18.2 Å². The molecule has 1 rings (SSSR count). The van der Waals surface area contributed by atoms with Gasteiger partial charge in [0.1, 0.15) is 0 Å². The molecule has 0 aliphatic heterocycles. The molecule has 3 nitrogen and oxygen atoms in total. The van der Waals surface area contributed by atoms with Crippen LogP contribution in [0.25, 0.3) is 0 Å². The number of nitrogen functional groups attached to an aromatic ring is 1. The summed E-state index contributed by atoms with van der Waals surface area (Å²) in [6, 6.07) is 2.20. The summed E-state index contributed by atoms with van der Waals surface area (Å²) in [5, 5.41) is 8.48. The van der Waals surface area contributed by atoms with E-state index in [4.69, 9.17) is 10.8 Å². The zero-order valence-electron chi connectivity index (χ0n) is 6.80. The lowest BCUT2D eigenvalue weighted by Crippen LogP contribution is -2.08. The van der Waals surface area contributed by atoms with Gasteiger partial charge in [-0.2, -0.15) is 13.2 Å². The maximum atomic E-state index is 12.2. The third-order valence-corrected chi connectivity index (χ3v) is 1.53. The maximum absolute atomic E-state index is 12.2. The minimum absolute atomic E-state index is 0.225. The molecule has 0 aliphatic rings. The van der Waals surface area contributed by atoms with Gasteiger partial charge >= 0.3 is 12.1 Å². The van der Waals surface area contributed by atoms with Crippen LogP contribution in [-0.4, -0.2) is 11.1 Å². The number of halogens is 3. The minimum atomic E-state index is -4.58. The lowest BCUT2D eigenvalue weighted by molar-refractivity contribution is -0.137. The topological polar surface area (TPSA) is 63.3 Å². The molecule has 0 unspecified atom stereocenters. The quantitative estimate of drug-likeness (QED) is 0.689. The number of aromatic carboxylic acids is 1. The Morgan fingerprint density at radius 2 is 1.86 bits per heavy atom. The fourth-order valence-corrected chi connectivity index (χ4v) is 0.939. The Morgan fingerprint density at radius 1 is 1.29 bits per heavy atom. The molecule has 0 aromatic heterocycles. The lowest BCUT2D eigenvalue weighted by Gasteiger charge is -2.08. The summed E-state index contributed by atoms with van der Waals surface area (Å²) in [6.07, 6.45) is -4.58. The predicted molar refractivity (Wildman–Crippen MR) is 42.8 cm³/mol. The average molecular weight is 205 g/mol. The summed E-state index contributed by atoms with van der Waals surface area (Å²) in [5.41, 5.74) is 3.37. The highest BCUT2D eigenvalue weighted by molar-refractivity contribution is 5.89. The van der Waals surface area contributed by atoms with Crippen LogP contribution in [0.1, 0.15) is 15.9 Å². The molecule has 0 saturated carbocycles. The normalized spacial score (nSPS) is 11.4. The molecule has 0 atom stereocenters. The smallest absolute Gasteiger partial charge is 0.416 e. The van der Waals surface area contributed by atoms with E-state index < -0.39 is 23.3 Å². The molecule has 0 amide bonds. The van der Waals surface area contributed by atoms with Gasteiger partial charge in [-0.15, -0.1) is 0 Å². The second-order valence-electron chi connectivity index (χ2n) is 2.65. The van der Waals surface area contributed by atoms with Crippen LogP contribution < -0.4 is 5.73 Å². The SMILES string of the molecule is Nc1cc(C(=O)O)cc(C(F)(F)F)c1.